The Labute approximate surface area is 168 Å². The zero-order chi connectivity index (χ0) is 19.9. The van der Waals surface area contributed by atoms with Gasteiger partial charge in [-0.15, -0.1) is 0 Å². The standard InChI is InChI=1S/C22H20FN5O/c23-21-12-5-4-8-18(21)13-14-24-16-17-7-6-11-20(15-17)29-22-25-26-27-28(22)19-9-2-1-3-10-19/h1-12,15,24H,13-14,16H2. The second-order valence-corrected chi connectivity index (χ2v) is 6.48. The van der Waals surface area contributed by atoms with Crippen LogP contribution in [0.4, 0.5) is 4.39 Å². The predicted octanol–water partition coefficient (Wildman–Crippen LogP) is 3.93. The molecule has 0 spiro atoms. The third-order valence-corrected chi connectivity index (χ3v) is 4.41. The molecule has 1 heterocycles. The summed E-state index contributed by atoms with van der Waals surface area (Å²) in [5.74, 6) is 0.478. The molecule has 0 aliphatic heterocycles. The average molecular weight is 389 g/mol. The molecule has 4 aromatic rings. The minimum atomic E-state index is -0.166. The van der Waals surface area contributed by atoms with E-state index in [0.29, 0.717) is 36.8 Å². The van der Waals surface area contributed by atoms with Crippen LogP contribution in [0.5, 0.6) is 11.8 Å². The van der Waals surface area contributed by atoms with Crippen LogP contribution in [-0.2, 0) is 13.0 Å². The van der Waals surface area contributed by atoms with Crippen molar-refractivity contribution >= 4 is 0 Å². The summed E-state index contributed by atoms with van der Waals surface area (Å²) in [6.07, 6.45) is 0.634. The Morgan fingerprint density at radius 2 is 1.76 bits per heavy atom. The van der Waals surface area contributed by atoms with Crippen LogP contribution in [0.25, 0.3) is 5.69 Å². The summed E-state index contributed by atoms with van der Waals surface area (Å²) >= 11 is 0. The Morgan fingerprint density at radius 3 is 2.62 bits per heavy atom. The van der Waals surface area contributed by atoms with Crippen LogP contribution >= 0.6 is 0 Å². The van der Waals surface area contributed by atoms with Crippen molar-refractivity contribution in [2.24, 2.45) is 0 Å². The quantitative estimate of drug-likeness (QED) is 0.463. The van der Waals surface area contributed by atoms with Gasteiger partial charge in [-0.3, -0.25) is 0 Å². The molecule has 0 saturated heterocycles. The molecule has 0 atom stereocenters. The van der Waals surface area contributed by atoms with Gasteiger partial charge in [0.2, 0.25) is 0 Å². The first-order valence-corrected chi connectivity index (χ1v) is 9.34. The largest absolute Gasteiger partial charge is 0.423 e. The molecule has 3 aromatic carbocycles. The summed E-state index contributed by atoms with van der Waals surface area (Å²) in [5, 5.41) is 15.0. The van der Waals surface area contributed by atoms with Crippen LogP contribution < -0.4 is 10.1 Å². The van der Waals surface area contributed by atoms with Gasteiger partial charge in [0.15, 0.2) is 0 Å². The molecule has 0 aliphatic carbocycles. The molecule has 0 saturated carbocycles. The fourth-order valence-electron chi connectivity index (χ4n) is 2.96. The fourth-order valence-corrected chi connectivity index (χ4v) is 2.96. The number of rotatable bonds is 8. The number of hydrogen-bond acceptors (Lipinski definition) is 5. The maximum absolute atomic E-state index is 13.7. The molecule has 0 unspecified atom stereocenters. The molecule has 0 bridgehead atoms. The van der Waals surface area contributed by atoms with E-state index in [1.165, 1.54) is 6.07 Å². The predicted molar refractivity (Wildman–Crippen MR) is 107 cm³/mol. The Morgan fingerprint density at radius 1 is 0.931 bits per heavy atom. The van der Waals surface area contributed by atoms with Gasteiger partial charge in [-0.2, -0.15) is 4.68 Å². The number of halogens is 1. The minimum absolute atomic E-state index is 0.166. The first kappa shape index (κ1) is 18.8. The third kappa shape index (κ3) is 4.83. The SMILES string of the molecule is Fc1ccccc1CCNCc1cccc(Oc2nnnn2-c2ccccc2)c1. The van der Waals surface area contributed by atoms with Crippen molar-refractivity contribution in [3.8, 4) is 17.4 Å². The Kier molecular flexibility index (Phi) is 5.87. The molecular formula is C22H20FN5O. The van der Waals surface area contributed by atoms with Gasteiger partial charge in [-0.25, -0.2) is 4.39 Å². The van der Waals surface area contributed by atoms with Gasteiger partial charge in [0, 0.05) is 6.54 Å². The smallest absolute Gasteiger partial charge is 0.345 e. The molecule has 29 heavy (non-hydrogen) atoms. The third-order valence-electron chi connectivity index (χ3n) is 4.41. The molecule has 1 aromatic heterocycles. The second kappa shape index (κ2) is 9.07. The van der Waals surface area contributed by atoms with Gasteiger partial charge < -0.3 is 10.1 Å². The number of nitrogens with zero attached hydrogens (tertiary/aromatic N) is 4. The monoisotopic (exact) mass is 389 g/mol. The summed E-state index contributed by atoms with van der Waals surface area (Å²) in [6, 6.07) is 24.4. The van der Waals surface area contributed by atoms with E-state index >= 15 is 0 Å². The summed E-state index contributed by atoms with van der Waals surface area (Å²) in [6.45, 7) is 1.33. The van der Waals surface area contributed by atoms with Crippen molar-refractivity contribution in [2.45, 2.75) is 13.0 Å². The molecule has 0 radical (unpaired) electrons. The zero-order valence-corrected chi connectivity index (χ0v) is 15.7. The van der Waals surface area contributed by atoms with Gasteiger partial charge in [-0.1, -0.05) is 53.6 Å². The van der Waals surface area contributed by atoms with E-state index in [1.807, 2.05) is 66.7 Å². The van der Waals surface area contributed by atoms with Crippen molar-refractivity contribution in [3.63, 3.8) is 0 Å². The number of ether oxygens (including phenoxy) is 1. The molecule has 1 N–H and O–H groups in total. The maximum atomic E-state index is 13.7. The van der Waals surface area contributed by atoms with Gasteiger partial charge >= 0.3 is 6.01 Å². The van der Waals surface area contributed by atoms with Gasteiger partial charge in [-0.05, 0) is 64.9 Å². The van der Waals surface area contributed by atoms with E-state index in [2.05, 4.69) is 20.8 Å². The van der Waals surface area contributed by atoms with Gasteiger partial charge in [0.05, 0.1) is 5.69 Å². The lowest BCUT2D eigenvalue weighted by atomic mass is 10.1. The number of aromatic nitrogens is 4. The Balaban J connectivity index is 1.36. The van der Waals surface area contributed by atoms with Crippen molar-refractivity contribution in [2.75, 3.05) is 6.54 Å². The highest BCUT2D eigenvalue weighted by Crippen LogP contribution is 2.22. The van der Waals surface area contributed by atoms with Crippen LogP contribution in [-0.4, -0.2) is 26.8 Å². The fraction of sp³-hybridized carbons (Fsp3) is 0.136. The van der Waals surface area contributed by atoms with Crippen LogP contribution in [0.2, 0.25) is 0 Å². The lowest BCUT2D eigenvalue weighted by molar-refractivity contribution is 0.426. The number of para-hydroxylation sites is 1. The van der Waals surface area contributed by atoms with Crippen LogP contribution in [0.3, 0.4) is 0 Å². The summed E-state index contributed by atoms with van der Waals surface area (Å²) in [7, 11) is 0. The van der Waals surface area contributed by atoms with E-state index in [9.17, 15) is 4.39 Å². The van der Waals surface area contributed by atoms with E-state index < -0.39 is 0 Å². The van der Waals surface area contributed by atoms with Crippen LogP contribution in [0, 0.1) is 5.82 Å². The molecule has 146 valence electrons. The molecule has 7 heteroatoms. The summed E-state index contributed by atoms with van der Waals surface area (Å²) in [5.41, 5.74) is 2.58. The van der Waals surface area contributed by atoms with Gasteiger partial charge in [0.1, 0.15) is 11.6 Å². The topological polar surface area (TPSA) is 64.9 Å². The lowest BCUT2D eigenvalue weighted by Gasteiger charge is -2.09. The van der Waals surface area contributed by atoms with Crippen LogP contribution in [0.15, 0.2) is 78.9 Å². The van der Waals surface area contributed by atoms with Crippen LogP contribution in [0.1, 0.15) is 11.1 Å². The molecule has 6 nitrogen and oxygen atoms in total. The number of tetrazole rings is 1. The van der Waals surface area contributed by atoms with Crippen molar-refractivity contribution in [1.82, 2.24) is 25.5 Å². The van der Waals surface area contributed by atoms with Gasteiger partial charge in [0.25, 0.3) is 0 Å². The van der Waals surface area contributed by atoms with Crippen molar-refractivity contribution in [3.05, 3.63) is 95.8 Å². The maximum Gasteiger partial charge on any atom is 0.345 e. The van der Waals surface area contributed by atoms with Crippen molar-refractivity contribution in [1.29, 1.82) is 0 Å². The summed E-state index contributed by atoms with van der Waals surface area (Å²) in [4.78, 5) is 0. The highest BCUT2D eigenvalue weighted by atomic mass is 19.1. The first-order valence-electron chi connectivity index (χ1n) is 9.34. The van der Waals surface area contributed by atoms with E-state index in [-0.39, 0.29) is 5.82 Å². The second-order valence-electron chi connectivity index (χ2n) is 6.48. The highest BCUT2D eigenvalue weighted by Gasteiger charge is 2.10. The van der Waals surface area contributed by atoms with E-state index in [1.54, 1.807) is 10.7 Å². The summed E-state index contributed by atoms with van der Waals surface area (Å²) < 4.78 is 21.1. The highest BCUT2D eigenvalue weighted by molar-refractivity contribution is 5.34. The number of benzene rings is 3. The molecular weight excluding hydrogens is 369 g/mol. The Hall–Kier alpha value is -3.58. The van der Waals surface area contributed by atoms with Crippen molar-refractivity contribution < 1.29 is 9.13 Å². The lowest BCUT2D eigenvalue weighted by Crippen LogP contribution is -2.17. The molecule has 0 aliphatic rings. The Bertz CT molecular complexity index is 1070. The minimum Gasteiger partial charge on any atom is -0.423 e. The number of nitrogens with one attached hydrogen (secondary N) is 1. The zero-order valence-electron chi connectivity index (χ0n) is 15.7. The normalized spacial score (nSPS) is 10.8. The number of hydrogen-bond donors (Lipinski definition) is 1. The van der Waals surface area contributed by atoms with E-state index in [0.717, 1.165) is 11.3 Å². The average Bonchev–Trinajstić information content (AvgIpc) is 3.21. The van der Waals surface area contributed by atoms with E-state index in [4.69, 9.17) is 4.74 Å². The first-order chi connectivity index (χ1) is 14.3. The molecule has 0 amide bonds. The molecule has 0 fully saturated rings. The molecule has 4 rings (SSSR count).